The van der Waals surface area contributed by atoms with Crippen LogP contribution in [0.4, 0.5) is 20.7 Å². The molecule has 2 unspecified atom stereocenters. The molecular weight excluding hydrogens is 449 g/mol. The van der Waals surface area contributed by atoms with E-state index in [4.69, 9.17) is 9.72 Å². The van der Waals surface area contributed by atoms with E-state index < -0.39 is 17.3 Å². The van der Waals surface area contributed by atoms with E-state index in [1.54, 1.807) is 12.1 Å². The summed E-state index contributed by atoms with van der Waals surface area (Å²) in [6.45, 7) is 1.27. The number of benzene rings is 1. The van der Waals surface area contributed by atoms with Gasteiger partial charge in [0.1, 0.15) is 5.82 Å². The number of halogens is 1. The van der Waals surface area contributed by atoms with Gasteiger partial charge in [-0.25, -0.2) is 14.8 Å². The number of alkyl halides is 1. The van der Waals surface area contributed by atoms with Gasteiger partial charge < -0.3 is 20.3 Å². The number of morpholine rings is 1. The molecular formula is C22H28FN5O4S. The lowest BCUT2D eigenvalue weighted by Gasteiger charge is -2.34. The molecule has 33 heavy (non-hydrogen) atoms. The Morgan fingerprint density at radius 1 is 1.15 bits per heavy atom. The quantitative estimate of drug-likeness (QED) is 0.468. The zero-order valence-electron chi connectivity index (χ0n) is 18.2. The predicted octanol–water partition coefficient (Wildman–Crippen LogP) is 3.76. The van der Waals surface area contributed by atoms with Crippen LogP contribution in [-0.2, 0) is 16.2 Å². The molecule has 11 heteroatoms. The number of amides is 2. The first-order chi connectivity index (χ1) is 15.9. The van der Waals surface area contributed by atoms with E-state index in [0.29, 0.717) is 17.2 Å². The van der Waals surface area contributed by atoms with Crippen LogP contribution in [0.25, 0.3) is 11.4 Å². The molecule has 1 aromatic carbocycles. The lowest BCUT2D eigenvalue weighted by molar-refractivity contribution is 0.0302. The second-order valence-corrected chi connectivity index (χ2v) is 10.9. The highest BCUT2D eigenvalue weighted by Gasteiger charge is 2.38. The number of nitrogens with one attached hydrogen (secondary N) is 2. The highest BCUT2D eigenvalue weighted by atomic mass is 32.3. The molecule has 178 valence electrons. The van der Waals surface area contributed by atoms with Crippen LogP contribution in [-0.4, -0.2) is 63.6 Å². The summed E-state index contributed by atoms with van der Waals surface area (Å²) in [6.07, 6.45) is 2.71. The number of nitrogens with zero attached hydrogens (tertiary/aromatic N) is 3. The SMILES string of the molecule is O=C(NCCCF)Nc1ccc(-c2nc3c(c(N4CC5CCC(C4)O5)n2)CS(O)(O)C3)cc1. The van der Waals surface area contributed by atoms with Gasteiger partial charge in [0.2, 0.25) is 0 Å². The number of urea groups is 1. The van der Waals surface area contributed by atoms with E-state index in [-0.39, 0.29) is 42.7 Å². The zero-order valence-corrected chi connectivity index (χ0v) is 19.0. The third kappa shape index (κ3) is 4.91. The first-order valence-electron chi connectivity index (χ1n) is 11.2. The number of rotatable bonds is 6. The molecule has 2 amide bonds. The first kappa shape index (κ1) is 22.3. The average molecular weight is 478 g/mol. The molecule has 1 aromatic heterocycles. The maximum Gasteiger partial charge on any atom is 0.319 e. The average Bonchev–Trinajstić information content (AvgIpc) is 3.29. The number of anilines is 2. The van der Waals surface area contributed by atoms with Crippen molar-refractivity contribution in [2.45, 2.75) is 43.0 Å². The fraction of sp³-hybridized carbons (Fsp3) is 0.500. The maximum atomic E-state index is 12.2. The number of fused-ring (bicyclic) bond motifs is 3. The fourth-order valence-corrected chi connectivity index (χ4v) is 6.15. The Morgan fingerprint density at radius 3 is 2.58 bits per heavy atom. The Balaban J connectivity index is 1.39. The summed E-state index contributed by atoms with van der Waals surface area (Å²) >= 11 is 0. The summed E-state index contributed by atoms with van der Waals surface area (Å²) in [5.41, 5.74) is 2.87. The smallest absolute Gasteiger partial charge is 0.319 e. The van der Waals surface area contributed by atoms with Crippen LogP contribution in [0.2, 0.25) is 0 Å². The Kier molecular flexibility index (Phi) is 6.12. The third-order valence-electron chi connectivity index (χ3n) is 6.15. The van der Waals surface area contributed by atoms with Crippen molar-refractivity contribution in [1.29, 1.82) is 0 Å². The minimum Gasteiger partial charge on any atom is -0.371 e. The molecule has 0 aliphatic carbocycles. The molecule has 9 nitrogen and oxygen atoms in total. The maximum absolute atomic E-state index is 12.2. The molecule has 2 atom stereocenters. The molecule has 0 saturated carbocycles. The zero-order chi connectivity index (χ0) is 23.0. The van der Waals surface area contributed by atoms with E-state index in [1.807, 2.05) is 12.1 Å². The van der Waals surface area contributed by atoms with Crippen molar-refractivity contribution in [3.05, 3.63) is 35.5 Å². The Hall–Kier alpha value is -2.47. The van der Waals surface area contributed by atoms with Gasteiger partial charge >= 0.3 is 6.03 Å². The molecule has 0 radical (unpaired) electrons. The highest BCUT2D eigenvalue weighted by Crippen LogP contribution is 2.54. The van der Waals surface area contributed by atoms with Crippen molar-refractivity contribution in [3.8, 4) is 11.4 Å². The fourth-order valence-electron chi connectivity index (χ4n) is 4.61. The van der Waals surface area contributed by atoms with Crippen LogP contribution in [0.3, 0.4) is 0 Å². The second-order valence-electron chi connectivity index (χ2n) is 8.75. The number of hydrogen-bond donors (Lipinski definition) is 4. The molecule has 2 aromatic rings. The van der Waals surface area contributed by atoms with Gasteiger partial charge in [-0.2, -0.15) is 10.6 Å². The lowest BCUT2D eigenvalue weighted by atomic mass is 10.1. The Bertz CT molecular complexity index is 1030. The van der Waals surface area contributed by atoms with E-state index in [0.717, 1.165) is 42.9 Å². The van der Waals surface area contributed by atoms with Gasteiger partial charge in [-0.1, -0.05) is 0 Å². The minimum absolute atomic E-state index is 0.140. The van der Waals surface area contributed by atoms with Crippen LogP contribution in [0, 0.1) is 0 Å². The van der Waals surface area contributed by atoms with Gasteiger partial charge in [0.15, 0.2) is 5.82 Å². The van der Waals surface area contributed by atoms with E-state index in [1.165, 1.54) is 0 Å². The molecule has 2 fully saturated rings. The molecule has 3 aliphatic rings. The Morgan fingerprint density at radius 2 is 1.88 bits per heavy atom. The number of carbonyl (C=O) groups is 1. The van der Waals surface area contributed by atoms with E-state index in [9.17, 15) is 18.3 Å². The van der Waals surface area contributed by atoms with Crippen LogP contribution in [0.5, 0.6) is 0 Å². The summed E-state index contributed by atoms with van der Waals surface area (Å²) in [5, 5.41) is 5.31. The number of carbonyl (C=O) groups excluding carboxylic acids is 1. The number of aromatic nitrogens is 2. The van der Waals surface area contributed by atoms with Crippen molar-refractivity contribution in [2.75, 3.05) is 36.5 Å². The number of hydrogen-bond acceptors (Lipinski definition) is 7. The van der Waals surface area contributed by atoms with Gasteiger partial charge in [0, 0.05) is 36.4 Å². The first-order valence-corrected chi connectivity index (χ1v) is 13.0. The second kappa shape index (κ2) is 9.05. The van der Waals surface area contributed by atoms with Gasteiger partial charge in [-0.05, 0) is 43.5 Å². The van der Waals surface area contributed by atoms with Crippen LogP contribution in [0.15, 0.2) is 24.3 Å². The molecule has 4 N–H and O–H groups in total. The summed E-state index contributed by atoms with van der Waals surface area (Å²) in [7, 11) is -2.75. The highest BCUT2D eigenvalue weighted by molar-refractivity contribution is 8.23. The summed E-state index contributed by atoms with van der Waals surface area (Å²) in [4.78, 5) is 23.6. The van der Waals surface area contributed by atoms with Gasteiger partial charge in [-0.3, -0.25) is 13.5 Å². The molecule has 2 saturated heterocycles. The monoisotopic (exact) mass is 477 g/mol. The van der Waals surface area contributed by atoms with E-state index in [2.05, 4.69) is 20.5 Å². The third-order valence-corrected chi connectivity index (χ3v) is 7.64. The molecule has 0 spiro atoms. The van der Waals surface area contributed by atoms with Crippen molar-refractivity contribution in [3.63, 3.8) is 0 Å². The summed E-state index contributed by atoms with van der Waals surface area (Å²) in [6, 6.07) is 6.75. The minimum atomic E-state index is -2.75. The van der Waals surface area contributed by atoms with Crippen LogP contribution < -0.4 is 15.5 Å². The topological polar surface area (TPSA) is 120 Å². The van der Waals surface area contributed by atoms with Crippen molar-refractivity contribution >= 4 is 28.1 Å². The van der Waals surface area contributed by atoms with Gasteiger partial charge in [0.25, 0.3) is 0 Å². The van der Waals surface area contributed by atoms with Gasteiger partial charge in [0.05, 0.1) is 36.1 Å². The van der Waals surface area contributed by atoms with E-state index >= 15 is 0 Å². The summed E-state index contributed by atoms with van der Waals surface area (Å²) in [5.74, 6) is 1.60. The van der Waals surface area contributed by atoms with Gasteiger partial charge in [-0.15, -0.1) is 0 Å². The van der Waals surface area contributed by atoms with Crippen molar-refractivity contribution < 1.29 is 23.0 Å². The van der Waals surface area contributed by atoms with Crippen LogP contribution in [0.1, 0.15) is 30.5 Å². The summed E-state index contributed by atoms with van der Waals surface area (Å²) < 4.78 is 38.9. The molecule has 4 heterocycles. The van der Waals surface area contributed by atoms with Crippen molar-refractivity contribution in [2.24, 2.45) is 0 Å². The molecule has 2 bridgehead atoms. The Labute approximate surface area is 193 Å². The molecule has 5 rings (SSSR count). The largest absolute Gasteiger partial charge is 0.371 e. The van der Waals surface area contributed by atoms with Crippen molar-refractivity contribution in [1.82, 2.24) is 15.3 Å². The standard InChI is InChI=1S/C22H28FN5O4S/c23-8-1-9-24-22(29)25-15-4-2-14(3-5-15)20-26-19-13-33(30,31)12-18(19)21(27-20)28-10-16-6-7-17(11-28)32-16/h2-5,16-17,30-31H,1,6-13H2,(H2,24,25,29). The van der Waals surface area contributed by atoms with Crippen LogP contribution >= 0.6 is 10.6 Å². The number of ether oxygens (including phenoxy) is 1. The molecule has 3 aliphatic heterocycles. The lowest BCUT2D eigenvalue weighted by Crippen LogP contribution is -2.43. The normalized spacial score (nSPS) is 23.8. The predicted molar refractivity (Wildman–Crippen MR) is 125 cm³/mol.